The predicted octanol–water partition coefficient (Wildman–Crippen LogP) is 5.25. The normalized spacial score (nSPS) is 17.6. The molecule has 0 N–H and O–H groups in total. The van der Waals surface area contributed by atoms with Gasteiger partial charge in [-0.15, -0.1) is 11.3 Å². The lowest BCUT2D eigenvalue weighted by atomic mass is 9.95. The molecule has 0 bridgehead atoms. The number of aromatic nitrogens is 1. The van der Waals surface area contributed by atoms with Gasteiger partial charge in [-0.3, -0.25) is 0 Å². The van der Waals surface area contributed by atoms with Crippen LogP contribution in [0.25, 0.3) is 0 Å². The maximum absolute atomic E-state index is 6.04. The highest BCUT2D eigenvalue weighted by molar-refractivity contribution is 7.07. The second-order valence-corrected chi connectivity index (χ2v) is 6.69. The van der Waals surface area contributed by atoms with Crippen LogP contribution in [0.4, 0.5) is 5.69 Å². The Hall–Kier alpha value is -1.06. The molecular weight excluding hydrogens is 288 g/mol. The van der Waals surface area contributed by atoms with Gasteiger partial charge in [-0.05, 0) is 38.0 Å². The van der Waals surface area contributed by atoms with Crippen LogP contribution in [0.1, 0.15) is 43.8 Å². The highest BCUT2D eigenvalue weighted by atomic mass is 35.5. The largest absolute Gasteiger partial charge is 0.318 e. The summed E-state index contributed by atoms with van der Waals surface area (Å²) in [6, 6.07) is 8.38. The summed E-state index contributed by atoms with van der Waals surface area (Å²) in [4.78, 5) is 5.89. The van der Waals surface area contributed by atoms with E-state index < -0.39 is 0 Å². The van der Waals surface area contributed by atoms with E-state index in [2.05, 4.69) is 16.9 Å². The maximum Gasteiger partial charge on any atom is 0.190 e. The van der Waals surface area contributed by atoms with Gasteiger partial charge < -0.3 is 4.57 Å². The zero-order valence-electron chi connectivity index (χ0n) is 11.7. The quantitative estimate of drug-likeness (QED) is 0.721. The Kier molecular flexibility index (Phi) is 4.27. The minimum absolute atomic E-state index is 0.618. The van der Waals surface area contributed by atoms with Crippen LogP contribution in [-0.4, -0.2) is 4.57 Å². The summed E-state index contributed by atoms with van der Waals surface area (Å²) in [6.45, 7) is 2.18. The van der Waals surface area contributed by atoms with E-state index >= 15 is 0 Å². The second-order valence-electron chi connectivity index (χ2n) is 5.41. The van der Waals surface area contributed by atoms with Crippen LogP contribution >= 0.6 is 22.9 Å². The van der Waals surface area contributed by atoms with E-state index in [-0.39, 0.29) is 0 Å². The summed E-state index contributed by atoms with van der Waals surface area (Å²) in [6.07, 6.45) is 6.61. The standard InChI is InChI=1S/C16H19ClN2S/c1-12-11-20-16(18-14-7-5-6-13(17)10-14)19(12)15-8-3-2-4-9-15/h5-7,10-11,15H,2-4,8-9H2,1H3. The van der Waals surface area contributed by atoms with Crippen molar-refractivity contribution in [3.63, 3.8) is 0 Å². The molecule has 0 aliphatic heterocycles. The number of hydrogen-bond donors (Lipinski definition) is 0. The molecule has 4 heteroatoms. The molecule has 1 aliphatic carbocycles. The number of halogens is 1. The van der Waals surface area contributed by atoms with Crippen LogP contribution in [0.3, 0.4) is 0 Å². The Morgan fingerprint density at radius 2 is 2.05 bits per heavy atom. The summed E-state index contributed by atoms with van der Waals surface area (Å²) in [7, 11) is 0. The molecule has 20 heavy (non-hydrogen) atoms. The van der Waals surface area contributed by atoms with Gasteiger partial charge in [0, 0.05) is 22.1 Å². The first-order valence-corrected chi connectivity index (χ1v) is 8.47. The van der Waals surface area contributed by atoms with E-state index in [1.807, 2.05) is 24.3 Å². The predicted molar refractivity (Wildman–Crippen MR) is 85.8 cm³/mol. The van der Waals surface area contributed by atoms with E-state index in [9.17, 15) is 0 Å². The van der Waals surface area contributed by atoms with Crippen molar-refractivity contribution in [1.82, 2.24) is 4.57 Å². The average molecular weight is 307 g/mol. The van der Waals surface area contributed by atoms with Gasteiger partial charge in [0.15, 0.2) is 4.80 Å². The fourth-order valence-electron chi connectivity index (χ4n) is 2.92. The van der Waals surface area contributed by atoms with Crippen molar-refractivity contribution in [3.05, 3.63) is 45.2 Å². The molecule has 1 aromatic heterocycles. The Bertz CT molecular complexity index is 650. The van der Waals surface area contributed by atoms with Gasteiger partial charge in [-0.25, -0.2) is 4.99 Å². The van der Waals surface area contributed by atoms with Crippen molar-refractivity contribution in [3.8, 4) is 0 Å². The fraction of sp³-hybridized carbons (Fsp3) is 0.438. The van der Waals surface area contributed by atoms with Gasteiger partial charge in [-0.2, -0.15) is 0 Å². The van der Waals surface area contributed by atoms with Gasteiger partial charge in [0.2, 0.25) is 0 Å². The van der Waals surface area contributed by atoms with E-state index in [0.29, 0.717) is 6.04 Å². The molecule has 0 atom stereocenters. The van der Waals surface area contributed by atoms with Gasteiger partial charge in [-0.1, -0.05) is 36.9 Å². The molecule has 1 saturated carbocycles. The van der Waals surface area contributed by atoms with Gasteiger partial charge >= 0.3 is 0 Å². The molecule has 1 aliphatic rings. The summed E-state index contributed by atoms with van der Waals surface area (Å²) < 4.78 is 2.42. The second kappa shape index (κ2) is 6.15. The van der Waals surface area contributed by atoms with Crippen LogP contribution in [0.15, 0.2) is 34.6 Å². The molecule has 0 spiro atoms. The van der Waals surface area contributed by atoms with E-state index in [1.54, 1.807) is 11.3 Å². The lowest BCUT2D eigenvalue weighted by Gasteiger charge is -2.24. The molecule has 0 radical (unpaired) electrons. The third kappa shape index (κ3) is 2.99. The Morgan fingerprint density at radius 3 is 2.80 bits per heavy atom. The van der Waals surface area contributed by atoms with Gasteiger partial charge in [0.1, 0.15) is 0 Å². The Balaban J connectivity index is 2.01. The molecule has 0 saturated heterocycles. The topological polar surface area (TPSA) is 17.3 Å². The van der Waals surface area contributed by atoms with Gasteiger partial charge in [0.05, 0.1) is 5.69 Å². The van der Waals surface area contributed by atoms with Crippen molar-refractivity contribution in [1.29, 1.82) is 0 Å². The molecule has 0 amide bonds. The number of thiazole rings is 1. The molecule has 2 nitrogen and oxygen atoms in total. The van der Waals surface area contributed by atoms with Crippen molar-refractivity contribution >= 4 is 28.6 Å². The average Bonchev–Trinajstić information content (AvgIpc) is 2.81. The van der Waals surface area contributed by atoms with Crippen LogP contribution in [0.5, 0.6) is 0 Å². The lowest BCUT2D eigenvalue weighted by molar-refractivity contribution is 0.344. The minimum Gasteiger partial charge on any atom is -0.318 e. The molecule has 1 heterocycles. The third-order valence-corrected chi connectivity index (χ3v) is 5.09. The van der Waals surface area contributed by atoms with Gasteiger partial charge in [0.25, 0.3) is 0 Å². The zero-order valence-corrected chi connectivity index (χ0v) is 13.3. The Labute approximate surface area is 128 Å². The highest BCUT2D eigenvalue weighted by Gasteiger charge is 2.17. The molecule has 0 unspecified atom stereocenters. The van der Waals surface area contributed by atoms with E-state index in [1.165, 1.54) is 37.8 Å². The first-order chi connectivity index (χ1) is 9.74. The minimum atomic E-state index is 0.618. The number of hydrogen-bond acceptors (Lipinski definition) is 2. The fourth-order valence-corrected chi connectivity index (χ4v) is 4.06. The first kappa shape index (κ1) is 13.9. The first-order valence-electron chi connectivity index (χ1n) is 7.21. The maximum atomic E-state index is 6.04. The molecule has 1 aromatic carbocycles. The third-order valence-electron chi connectivity index (χ3n) is 3.89. The smallest absolute Gasteiger partial charge is 0.190 e. The summed E-state index contributed by atoms with van der Waals surface area (Å²) in [5.74, 6) is 0. The highest BCUT2D eigenvalue weighted by Crippen LogP contribution is 2.28. The summed E-state index contributed by atoms with van der Waals surface area (Å²) in [5, 5.41) is 2.95. The molecule has 2 aromatic rings. The molecule has 1 fully saturated rings. The van der Waals surface area contributed by atoms with E-state index in [0.717, 1.165) is 15.5 Å². The summed E-state index contributed by atoms with van der Waals surface area (Å²) in [5.41, 5.74) is 2.26. The van der Waals surface area contributed by atoms with Crippen LogP contribution in [-0.2, 0) is 0 Å². The summed E-state index contributed by atoms with van der Waals surface area (Å²) >= 11 is 7.77. The van der Waals surface area contributed by atoms with Crippen molar-refractivity contribution in [2.75, 3.05) is 0 Å². The SMILES string of the molecule is Cc1csc(=Nc2cccc(Cl)c2)n1C1CCCCC1. The lowest BCUT2D eigenvalue weighted by Crippen LogP contribution is -2.23. The Morgan fingerprint density at radius 1 is 1.25 bits per heavy atom. The van der Waals surface area contributed by atoms with Crippen LogP contribution in [0.2, 0.25) is 5.02 Å². The van der Waals surface area contributed by atoms with Crippen molar-refractivity contribution < 1.29 is 0 Å². The monoisotopic (exact) mass is 306 g/mol. The number of aryl methyl sites for hydroxylation is 1. The van der Waals surface area contributed by atoms with E-state index in [4.69, 9.17) is 16.6 Å². The molecular formula is C16H19ClN2S. The number of benzene rings is 1. The van der Waals surface area contributed by atoms with Crippen LogP contribution in [0, 0.1) is 6.92 Å². The van der Waals surface area contributed by atoms with Crippen molar-refractivity contribution in [2.45, 2.75) is 45.1 Å². The number of rotatable bonds is 2. The zero-order chi connectivity index (χ0) is 13.9. The molecule has 3 rings (SSSR count). The number of nitrogens with zero attached hydrogens (tertiary/aromatic N) is 2. The molecule has 106 valence electrons. The van der Waals surface area contributed by atoms with Crippen molar-refractivity contribution in [2.24, 2.45) is 4.99 Å². The van der Waals surface area contributed by atoms with Crippen LogP contribution < -0.4 is 4.80 Å².